The summed E-state index contributed by atoms with van der Waals surface area (Å²) >= 11 is 0. The summed E-state index contributed by atoms with van der Waals surface area (Å²) in [5.41, 5.74) is 0. The number of phosphoric acid groups is 2. The third-order valence-corrected chi connectivity index (χ3v) is 22.0. The fourth-order valence-electron chi connectivity index (χ4n) is 13.1. The van der Waals surface area contributed by atoms with Crippen molar-refractivity contribution in [1.82, 2.24) is 0 Å². The van der Waals surface area contributed by atoms with Gasteiger partial charge in [-0.25, -0.2) is 9.13 Å². The first-order chi connectivity index (χ1) is 50.1. The van der Waals surface area contributed by atoms with Gasteiger partial charge < -0.3 is 33.8 Å². The zero-order chi connectivity index (χ0) is 75.5. The number of rotatable bonds is 84. The van der Waals surface area contributed by atoms with Crippen LogP contribution in [0.25, 0.3) is 0 Å². The van der Waals surface area contributed by atoms with Crippen LogP contribution in [0.3, 0.4) is 0 Å². The third kappa shape index (κ3) is 76.6. The third-order valence-electron chi connectivity index (χ3n) is 20.1. The minimum Gasteiger partial charge on any atom is -0.462 e. The summed E-state index contributed by atoms with van der Waals surface area (Å²) in [6, 6.07) is 0. The minimum atomic E-state index is -4.96. The van der Waals surface area contributed by atoms with Gasteiger partial charge in [0.2, 0.25) is 0 Å². The Labute approximate surface area is 632 Å². The molecule has 0 saturated carbocycles. The number of unbranched alkanes of at least 4 members (excludes halogenated alkanes) is 55. The molecule has 3 unspecified atom stereocenters. The number of ether oxygens (including phenoxy) is 4. The van der Waals surface area contributed by atoms with Crippen molar-refractivity contribution in [1.29, 1.82) is 0 Å². The van der Waals surface area contributed by atoms with Crippen molar-refractivity contribution >= 4 is 39.5 Å². The van der Waals surface area contributed by atoms with Gasteiger partial charge in [-0.05, 0) is 31.6 Å². The van der Waals surface area contributed by atoms with Crippen LogP contribution in [-0.4, -0.2) is 96.7 Å². The van der Waals surface area contributed by atoms with Crippen LogP contribution in [0.1, 0.15) is 452 Å². The lowest BCUT2D eigenvalue weighted by atomic mass is 10.00. The Morgan fingerprint density at radius 1 is 0.272 bits per heavy atom. The summed E-state index contributed by atoms with van der Waals surface area (Å²) in [7, 11) is -9.92. The van der Waals surface area contributed by atoms with Gasteiger partial charge >= 0.3 is 39.5 Å². The van der Waals surface area contributed by atoms with Gasteiger partial charge in [0.25, 0.3) is 0 Å². The SMILES string of the molecule is CCCCCCCCCCCCCCCCCCCCCCC(=O)OC[C@H](COP(=O)(O)OC[C@@H](O)COP(=O)(O)OC[C@@H](COC(=O)CCCCCCCCC(C)CC)OC(=O)CCCCCCCCCCCCCCC)OC(=O)CCCCCCCCCCCCCCCCCCCCCC. The van der Waals surface area contributed by atoms with E-state index in [0.29, 0.717) is 25.7 Å². The van der Waals surface area contributed by atoms with Gasteiger partial charge in [0, 0.05) is 25.7 Å². The molecule has 612 valence electrons. The van der Waals surface area contributed by atoms with E-state index in [4.69, 9.17) is 37.0 Å². The Morgan fingerprint density at radius 2 is 0.466 bits per heavy atom. The molecule has 0 bridgehead atoms. The first kappa shape index (κ1) is 101. The molecule has 0 rings (SSSR count). The molecular formula is C84H164O17P2. The zero-order valence-electron chi connectivity index (χ0n) is 67.5. The average molecular weight is 1510 g/mol. The summed E-state index contributed by atoms with van der Waals surface area (Å²) in [5.74, 6) is -1.37. The Hall–Kier alpha value is -1.94. The molecule has 0 aliphatic rings. The Balaban J connectivity index is 5.21. The van der Waals surface area contributed by atoms with Crippen LogP contribution in [0.15, 0.2) is 0 Å². The van der Waals surface area contributed by atoms with Gasteiger partial charge in [-0.1, -0.05) is 401 Å². The van der Waals surface area contributed by atoms with E-state index in [1.807, 2.05) is 0 Å². The van der Waals surface area contributed by atoms with Gasteiger partial charge in [-0.2, -0.15) is 0 Å². The lowest BCUT2D eigenvalue weighted by molar-refractivity contribution is -0.161. The molecule has 0 aromatic rings. The number of aliphatic hydroxyl groups is 1. The fraction of sp³-hybridized carbons (Fsp3) is 0.952. The topological polar surface area (TPSA) is 237 Å². The molecule has 0 aromatic carbocycles. The van der Waals surface area contributed by atoms with Crippen molar-refractivity contribution in [3.05, 3.63) is 0 Å². The van der Waals surface area contributed by atoms with Crippen LogP contribution in [0.2, 0.25) is 0 Å². The molecule has 0 aliphatic heterocycles. The minimum absolute atomic E-state index is 0.107. The molecule has 0 fully saturated rings. The molecule has 6 atom stereocenters. The van der Waals surface area contributed by atoms with Crippen molar-refractivity contribution in [3.63, 3.8) is 0 Å². The quantitative estimate of drug-likeness (QED) is 0.0222. The molecule has 0 spiro atoms. The number of aliphatic hydroxyl groups excluding tert-OH is 1. The number of hydrogen-bond donors (Lipinski definition) is 3. The van der Waals surface area contributed by atoms with Gasteiger partial charge in [-0.3, -0.25) is 37.3 Å². The summed E-state index contributed by atoms with van der Waals surface area (Å²) in [6.45, 7) is 7.31. The molecule has 0 radical (unpaired) electrons. The smallest absolute Gasteiger partial charge is 0.462 e. The first-order valence-electron chi connectivity index (χ1n) is 43.7. The maximum Gasteiger partial charge on any atom is 0.472 e. The second-order valence-electron chi connectivity index (χ2n) is 30.5. The molecule has 103 heavy (non-hydrogen) atoms. The summed E-state index contributed by atoms with van der Waals surface area (Å²) < 4.78 is 68.8. The molecule has 3 N–H and O–H groups in total. The molecule has 0 aliphatic carbocycles. The number of hydrogen-bond acceptors (Lipinski definition) is 15. The van der Waals surface area contributed by atoms with Crippen molar-refractivity contribution < 1.29 is 80.2 Å². The van der Waals surface area contributed by atoms with Gasteiger partial charge in [0.1, 0.15) is 19.3 Å². The van der Waals surface area contributed by atoms with E-state index in [-0.39, 0.29) is 25.7 Å². The highest BCUT2D eigenvalue weighted by Crippen LogP contribution is 2.45. The molecule has 0 saturated heterocycles. The number of carbonyl (C=O) groups excluding carboxylic acids is 4. The molecule has 19 heteroatoms. The van der Waals surface area contributed by atoms with Crippen molar-refractivity contribution in [3.8, 4) is 0 Å². The van der Waals surface area contributed by atoms with Crippen molar-refractivity contribution in [2.45, 2.75) is 470 Å². The van der Waals surface area contributed by atoms with E-state index >= 15 is 0 Å². The second-order valence-corrected chi connectivity index (χ2v) is 33.4. The van der Waals surface area contributed by atoms with E-state index in [9.17, 15) is 43.2 Å². The summed E-state index contributed by atoms with van der Waals surface area (Å²) in [5, 5.41) is 10.7. The van der Waals surface area contributed by atoms with E-state index in [0.717, 1.165) is 102 Å². The Kier molecular flexibility index (Phi) is 75.4. The zero-order valence-corrected chi connectivity index (χ0v) is 69.3. The van der Waals surface area contributed by atoms with Crippen LogP contribution < -0.4 is 0 Å². The van der Waals surface area contributed by atoms with Crippen molar-refractivity contribution in [2.75, 3.05) is 39.6 Å². The van der Waals surface area contributed by atoms with Gasteiger partial charge in [0.15, 0.2) is 12.2 Å². The number of esters is 4. The van der Waals surface area contributed by atoms with Crippen LogP contribution in [0, 0.1) is 5.92 Å². The van der Waals surface area contributed by atoms with Crippen LogP contribution in [0.5, 0.6) is 0 Å². The summed E-state index contributed by atoms with van der Waals surface area (Å²) in [4.78, 5) is 73.1. The largest absolute Gasteiger partial charge is 0.472 e. The Bertz CT molecular complexity index is 1960. The van der Waals surface area contributed by atoms with Gasteiger partial charge in [-0.15, -0.1) is 0 Å². The lowest BCUT2D eigenvalue weighted by Crippen LogP contribution is -2.30. The first-order valence-corrected chi connectivity index (χ1v) is 46.7. The molecular weight excluding hydrogens is 1340 g/mol. The maximum atomic E-state index is 13.1. The highest BCUT2D eigenvalue weighted by Gasteiger charge is 2.30. The second kappa shape index (κ2) is 76.8. The van der Waals surface area contributed by atoms with Gasteiger partial charge in [0.05, 0.1) is 26.4 Å². The highest BCUT2D eigenvalue weighted by molar-refractivity contribution is 7.47. The van der Waals surface area contributed by atoms with E-state index in [1.54, 1.807) is 0 Å². The molecule has 0 amide bonds. The maximum absolute atomic E-state index is 13.1. The van der Waals surface area contributed by atoms with Crippen LogP contribution in [0.4, 0.5) is 0 Å². The fourth-order valence-corrected chi connectivity index (χ4v) is 14.7. The van der Waals surface area contributed by atoms with Crippen molar-refractivity contribution in [2.24, 2.45) is 5.92 Å². The highest BCUT2D eigenvalue weighted by atomic mass is 31.2. The van der Waals surface area contributed by atoms with E-state index in [2.05, 4.69) is 34.6 Å². The standard InChI is InChI=1S/C84H164O17P2/c1-6-10-13-16-19-22-25-28-30-32-34-36-38-40-43-45-48-51-57-62-67-81(86)94-73-79(100-83(88)70-65-60-53-50-47-44-41-39-37-35-33-31-29-26-23-20-17-14-11-7-2)75-98-102(90,91)96-71-78(85)72-97-103(92,93)99-76-80(74-95-82(87)68-63-58-55-54-56-61-66-77(5)9-4)101-84(89)69-64-59-52-49-46-42-27-24-21-18-15-12-8-3/h77-80,85H,6-76H2,1-5H3,(H,90,91)(H,92,93)/t77?,78-,79-,80-/m1/s1. The molecule has 0 heterocycles. The predicted molar refractivity (Wildman–Crippen MR) is 423 cm³/mol. The van der Waals surface area contributed by atoms with Crippen LogP contribution >= 0.6 is 15.6 Å². The van der Waals surface area contributed by atoms with Crippen LogP contribution in [-0.2, 0) is 65.4 Å². The lowest BCUT2D eigenvalue weighted by Gasteiger charge is -2.21. The van der Waals surface area contributed by atoms with E-state index < -0.39 is 97.5 Å². The average Bonchev–Trinajstić information content (AvgIpc) is 0.919. The molecule has 17 nitrogen and oxygen atoms in total. The number of carbonyl (C=O) groups is 4. The normalized spacial score (nSPS) is 14.1. The Morgan fingerprint density at radius 3 is 0.689 bits per heavy atom. The monoisotopic (exact) mass is 1510 g/mol. The summed E-state index contributed by atoms with van der Waals surface area (Å²) in [6.07, 6.45) is 69.5. The van der Waals surface area contributed by atoms with E-state index in [1.165, 1.54) is 270 Å². The number of phosphoric ester groups is 2. The predicted octanol–water partition coefficient (Wildman–Crippen LogP) is 25.6. The molecule has 0 aromatic heterocycles.